The van der Waals surface area contributed by atoms with Crippen LogP contribution in [0.3, 0.4) is 0 Å². The van der Waals surface area contributed by atoms with Crippen LogP contribution in [0, 0.1) is 0 Å². The van der Waals surface area contributed by atoms with Crippen LogP contribution in [0.5, 0.6) is 0 Å². The minimum Gasteiger partial charge on any atom is -0.478 e. The smallest absolute Gasteiger partial charge is 0.417 e. The van der Waals surface area contributed by atoms with Crippen molar-refractivity contribution in [2.45, 2.75) is 32.4 Å². The molecule has 0 aromatic heterocycles. The molecule has 0 bridgehead atoms. The summed E-state index contributed by atoms with van der Waals surface area (Å²) in [7, 11) is 0. The molecule has 0 aliphatic heterocycles. The molecule has 0 heterocycles. The van der Waals surface area contributed by atoms with Gasteiger partial charge in [0, 0.05) is 6.08 Å². The molecule has 0 saturated carbocycles. The molecule has 0 amide bonds. The Labute approximate surface area is 109 Å². The van der Waals surface area contributed by atoms with E-state index in [0.717, 1.165) is 5.56 Å². The first kappa shape index (κ1) is 15.3. The maximum Gasteiger partial charge on any atom is 0.417 e. The van der Waals surface area contributed by atoms with Crippen LogP contribution in [0.25, 0.3) is 5.57 Å². The number of carboxylic acid groups (broad SMARTS) is 1. The molecule has 0 fully saturated rings. The van der Waals surface area contributed by atoms with Crippen LogP contribution in [0.15, 0.2) is 30.3 Å². The van der Waals surface area contributed by atoms with Crippen LogP contribution in [0.4, 0.5) is 13.2 Å². The lowest BCUT2D eigenvalue weighted by molar-refractivity contribution is -0.131. The number of rotatable bonds is 2. The van der Waals surface area contributed by atoms with Crippen molar-refractivity contribution in [1.29, 1.82) is 0 Å². The van der Waals surface area contributed by atoms with Gasteiger partial charge >= 0.3 is 12.1 Å². The predicted octanol–water partition coefficient (Wildman–Crippen LogP) is 4.01. The quantitative estimate of drug-likeness (QED) is 0.826. The number of allylic oxidation sites excluding steroid dienone is 1. The maximum atomic E-state index is 12.8. The van der Waals surface area contributed by atoms with Crippen molar-refractivity contribution >= 4 is 11.5 Å². The van der Waals surface area contributed by atoms with Gasteiger partial charge in [0.1, 0.15) is 0 Å². The van der Waals surface area contributed by atoms with Gasteiger partial charge in [0.15, 0.2) is 0 Å². The Bertz CT molecular complexity index is 491. The summed E-state index contributed by atoms with van der Waals surface area (Å²) in [5.41, 5.74) is -0.593. The van der Waals surface area contributed by atoms with Crippen LogP contribution >= 0.6 is 0 Å². The molecule has 1 aromatic rings. The molecule has 0 unspecified atom stereocenters. The highest BCUT2D eigenvalue weighted by Crippen LogP contribution is 2.34. The number of hydrogen-bond acceptors (Lipinski definition) is 1. The van der Waals surface area contributed by atoms with Crippen molar-refractivity contribution in [1.82, 2.24) is 0 Å². The summed E-state index contributed by atoms with van der Waals surface area (Å²) in [4.78, 5) is 10.5. The van der Waals surface area contributed by atoms with E-state index in [2.05, 4.69) is 0 Å². The Morgan fingerprint density at radius 2 is 1.58 bits per heavy atom. The van der Waals surface area contributed by atoms with E-state index in [-0.39, 0.29) is 17.1 Å². The molecular weight excluding hydrogens is 257 g/mol. The van der Waals surface area contributed by atoms with Gasteiger partial charge in [-0.25, -0.2) is 4.79 Å². The second-order valence-corrected chi connectivity index (χ2v) is 5.22. The van der Waals surface area contributed by atoms with Crippen molar-refractivity contribution in [3.8, 4) is 0 Å². The second kappa shape index (κ2) is 5.07. The Morgan fingerprint density at radius 1 is 1.11 bits per heavy atom. The normalized spacial score (nSPS) is 13.5. The lowest BCUT2D eigenvalue weighted by atomic mass is 9.86. The number of benzene rings is 1. The topological polar surface area (TPSA) is 37.3 Å². The summed E-state index contributed by atoms with van der Waals surface area (Å²) < 4.78 is 38.3. The van der Waals surface area contributed by atoms with Crippen molar-refractivity contribution in [3.05, 3.63) is 41.5 Å². The monoisotopic (exact) mass is 272 g/mol. The average Bonchev–Trinajstić information content (AvgIpc) is 2.23. The molecule has 0 atom stereocenters. The third-order valence-electron chi connectivity index (χ3n) is 2.64. The predicted molar refractivity (Wildman–Crippen MR) is 66.8 cm³/mol. The highest BCUT2D eigenvalue weighted by atomic mass is 19.4. The minimum absolute atomic E-state index is 0.150. The SMILES string of the molecule is CC(C)(C)c1ccc(/C(=C\C(=O)O)C(F)(F)F)cc1. The highest BCUT2D eigenvalue weighted by Gasteiger charge is 2.35. The Balaban J connectivity index is 3.24. The van der Waals surface area contributed by atoms with Gasteiger partial charge in [-0.2, -0.15) is 13.2 Å². The zero-order valence-corrected chi connectivity index (χ0v) is 10.9. The fourth-order valence-electron chi connectivity index (χ4n) is 1.60. The van der Waals surface area contributed by atoms with Gasteiger partial charge in [-0.3, -0.25) is 0 Å². The zero-order chi connectivity index (χ0) is 14.8. The number of alkyl halides is 3. The lowest BCUT2D eigenvalue weighted by Crippen LogP contribution is -2.14. The summed E-state index contributed by atoms with van der Waals surface area (Å²) in [6, 6.07) is 5.75. The van der Waals surface area contributed by atoms with E-state index in [0.29, 0.717) is 0 Å². The maximum absolute atomic E-state index is 12.8. The molecule has 1 N–H and O–H groups in total. The summed E-state index contributed by atoms with van der Waals surface area (Å²) >= 11 is 0. The number of carboxylic acids is 1. The molecule has 1 aromatic carbocycles. The van der Waals surface area contributed by atoms with Crippen LogP contribution in [0.1, 0.15) is 31.9 Å². The summed E-state index contributed by atoms with van der Waals surface area (Å²) in [6.45, 7) is 5.83. The van der Waals surface area contributed by atoms with Gasteiger partial charge in [-0.1, -0.05) is 45.0 Å². The van der Waals surface area contributed by atoms with Gasteiger partial charge < -0.3 is 5.11 Å². The van der Waals surface area contributed by atoms with Crippen LogP contribution in [-0.4, -0.2) is 17.3 Å². The molecule has 0 aliphatic carbocycles. The fourth-order valence-corrected chi connectivity index (χ4v) is 1.60. The van der Waals surface area contributed by atoms with E-state index in [1.54, 1.807) is 12.1 Å². The standard InChI is InChI=1S/C14H15F3O2/c1-13(2,3)10-6-4-9(5-7-10)11(8-12(18)19)14(15,16)17/h4-8H,1-3H3,(H,18,19)/b11-8+. The average molecular weight is 272 g/mol. The van der Waals surface area contributed by atoms with Crippen molar-refractivity contribution in [3.63, 3.8) is 0 Å². The van der Waals surface area contributed by atoms with E-state index >= 15 is 0 Å². The van der Waals surface area contributed by atoms with Crippen molar-refractivity contribution < 1.29 is 23.1 Å². The van der Waals surface area contributed by atoms with E-state index in [1.807, 2.05) is 20.8 Å². The summed E-state index contributed by atoms with van der Waals surface area (Å²) in [5, 5.41) is 8.52. The molecule has 0 saturated heterocycles. The largest absolute Gasteiger partial charge is 0.478 e. The van der Waals surface area contributed by atoms with Crippen LogP contribution < -0.4 is 0 Å². The summed E-state index contributed by atoms with van der Waals surface area (Å²) in [6.07, 6.45) is -4.51. The second-order valence-electron chi connectivity index (χ2n) is 5.22. The van der Waals surface area contributed by atoms with E-state index in [4.69, 9.17) is 5.11 Å². The van der Waals surface area contributed by atoms with E-state index < -0.39 is 17.7 Å². The van der Waals surface area contributed by atoms with Crippen molar-refractivity contribution in [2.75, 3.05) is 0 Å². The minimum atomic E-state index is -4.69. The number of aliphatic carboxylic acids is 1. The van der Waals surface area contributed by atoms with Gasteiger partial charge in [-0.05, 0) is 16.5 Å². The summed E-state index contributed by atoms with van der Waals surface area (Å²) in [5.74, 6) is -1.62. The van der Waals surface area contributed by atoms with Crippen LogP contribution in [-0.2, 0) is 10.2 Å². The first-order chi connectivity index (χ1) is 8.51. The van der Waals surface area contributed by atoms with Gasteiger partial charge in [0.05, 0.1) is 5.57 Å². The third-order valence-corrected chi connectivity index (χ3v) is 2.64. The van der Waals surface area contributed by atoms with Gasteiger partial charge in [-0.15, -0.1) is 0 Å². The van der Waals surface area contributed by atoms with E-state index in [1.165, 1.54) is 12.1 Å². The molecule has 1 rings (SSSR count). The van der Waals surface area contributed by atoms with Crippen molar-refractivity contribution in [2.24, 2.45) is 0 Å². The first-order valence-electron chi connectivity index (χ1n) is 5.64. The first-order valence-corrected chi connectivity index (χ1v) is 5.64. The lowest BCUT2D eigenvalue weighted by Gasteiger charge is -2.20. The highest BCUT2D eigenvalue weighted by molar-refractivity contribution is 5.91. The molecule has 104 valence electrons. The van der Waals surface area contributed by atoms with Gasteiger partial charge in [0.2, 0.25) is 0 Å². The fraction of sp³-hybridized carbons (Fsp3) is 0.357. The number of carbonyl (C=O) groups is 1. The molecule has 0 aliphatic rings. The molecular formula is C14H15F3O2. The number of hydrogen-bond donors (Lipinski definition) is 1. The van der Waals surface area contributed by atoms with Crippen LogP contribution in [0.2, 0.25) is 0 Å². The molecule has 19 heavy (non-hydrogen) atoms. The Kier molecular flexibility index (Phi) is 4.08. The Hall–Kier alpha value is -1.78. The molecule has 2 nitrogen and oxygen atoms in total. The Morgan fingerprint density at radius 3 is 1.89 bits per heavy atom. The molecule has 0 radical (unpaired) electrons. The third kappa shape index (κ3) is 4.12. The van der Waals surface area contributed by atoms with E-state index in [9.17, 15) is 18.0 Å². The molecule has 0 spiro atoms. The number of halogens is 3. The molecule has 5 heteroatoms. The zero-order valence-electron chi connectivity index (χ0n) is 10.9. The van der Waals surface area contributed by atoms with Gasteiger partial charge in [0.25, 0.3) is 0 Å².